The quantitative estimate of drug-likeness (QED) is 0.845. The maximum absolute atomic E-state index is 12.5. The second-order valence-corrected chi connectivity index (χ2v) is 6.46. The van der Waals surface area contributed by atoms with E-state index in [-0.39, 0.29) is 5.78 Å². The molecule has 2 aromatic carbocycles. The summed E-state index contributed by atoms with van der Waals surface area (Å²) in [5.41, 5.74) is 1.64. The predicted molar refractivity (Wildman–Crippen MR) is 98.4 cm³/mol. The standard InChI is InChI=1S/C21H21NO4/c1-21(18(23)13-14-19(26-21)25-20(24)22(2)3)17-11-9-16(10-12-17)15-7-5-4-6-8-15/h4-14,19H,1-3H3/t19-,21+/m0/s1. The molecule has 0 aromatic heterocycles. The number of ether oxygens (including phenoxy) is 2. The Hall–Kier alpha value is -2.92. The van der Waals surface area contributed by atoms with E-state index in [0.29, 0.717) is 5.56 Å². The molecule has 1 amide bonds. The van der Waals surface area contributed by atoms with E-state index in [9.17, 15) is 9.59 Å². The Morgan fingerprint density at radius 2 is 1.65 bits per heavy atom. The van der Waals surface area contributed by atoms with E-state index in [0.717, 1.165) is 11.1 Å². The van der Waals surface area contributed by atoms with Gasteiger partial charge in [-0.25, -0.2) is 4.79 Å². The molecule has 0 radical (unpaired) electrons. The number of rotatable bonds is 3. The smallest absolute Gasteiger partial charge is 0.411 e. The van der Waals surface area contributed by atoms with E-state index in [1.54, 1.807) is 21.0 Å². The number of amides is 1. The van der Waals surface area contributed by atoms with Crippen LogP contribution in [0, 0.1) is 0 Å². The van der Waals surface area contributed by atoms with Crippen LogP contribution in [0.25, 0.3) is 11.1 Å². The zero-order valence-electron chi connectivity index (χ0n) is 15.0. The molecule has 5 heteroatoms. The van der Waals surface area contributed by atoms with Crippen molar-refractivity contribution in [2.75, 3.05) is 14.1 Å². The second kappa shape index (κ2) is 7.14. The molecule has 0 bridgehead atoms. The fraction of sp³-hybridized carbons (Fsp3) is 0.238. The first-order valence-corrected chi connectivity index (χ1v) is 8.34. The van der Waals surface area contributed by atoms with Crippen molar-refractivity contribution in [3.8, 4) is 11.1 Å². The van der Waals surface area contributed by atoms with Crippen molar-refractivity contribution in [3.63, 3.8) is 0 Å². The predicted octanol–water partition coefficient (Wildman–Crippen LogP) is 3.75. The Kier molecular flexibility index (Phi) is 4.91. The fourth-order valence-electron chi connectivity index (χ4n) is 2.74. The number of carbonyl (C=O) groups excluding carboxylic acids is 2. The summed E-state index contributed by atoms with van der Waals surface area (Å²) >= 11 is 0. The minimum Gasteiger partial charge on any atom is -0.416 e. The molecule has 134 valence electrons. The molecule has 0 saturated heterocycles. The molecule has 0 spiro atoms. The summed E-state index contributed by atoms with van der Waals surface area (Å²) in [7, 11) is 3.17. The van der Waals surface area contributed by atoms with Gasteiger partial charge in [0.1, 0.15) is 0 Å². The van der Waals surface area contributed by atoms with Crippen LogP contribution in [0.5, 0.6) is 0 Å². The van der Waals surface area contributed by atoms with E-state index in [4.69, 9.17) is 9.47 Å². The number of hydrogen-bond acceptors (Lipinski definition) is 4. The number of nitrogens with zero attached hydrogens (tertiary/aromatic N) is 1. The fourth-order valence-corrected chi connectivity index (χ4v) is 2.74. The summed E-state index contributed by atoms with van der Waals surface area (Å²) in [4.78, 5) is 25.5. The average molecular weight is 351 g/mol. The minimum absolute atomic E-state index is 0.192. The van der Waals surface area contributed by atoms with Gasteiger partial charge in [-0.3, -0.25) is 4.79 Å². The van der Waals surface area contributed by atoms with E-state index >= 15 is 0 Å². The first kappa shape index (κ1) is 17.9. The van der Waals surface area contributed by atoms with Gasteiger partial charge in [-0.15, -0.1) is 0 Å². The molecule has 0 fully saturated rings. The van der Waals surface area contributed by atoms with Crippen molar-refractivity contribution in [3.05, 3.63) is 72.3 Å². The van der Waals surface area contributed by atoms with Crippen LogP contribution < -0.4 is 0 Å². The summed E-state index contributed by atoms with van der Waals surface area (Å²) < 4.78 is 11.1. The Bertz CT molecular complexity index is 827. The van der Waals surface area contributed by atoms with Crippen molar-refractivity contribution in [1.82, 2.24) is 4.90 Å². The van der Waals surface area contributed by atoms with Gasteiger partial charge in [0.15, 0.2) is 11.4 Å². The van der Waals surface area contributed by atoms with Gasteiger partial charge in [-0.05, 0) is 35.8 Å². The highest BCUT2D eigenvalue weighted by Gasteiger charge is 2.40. The van der Waals surface area contributed by atoms with Gasteiger partial charge in [0.2, 0.25) is 6.29 Å². The molecule has 1 heterocycles. The van der Waals surface area contributed by atoms with E-state index in [1.165, 1.54) is 17.1 Å². The van der Waals surface area contributed by atoms with Crippen molar-refractivity contribution in [1.29, 1.82) is 0 Å². The average Bonchev–Trinajstić information content (AvgIpc) is 2.65. The zero-order chi connectivity index (χ0) is 18.7. The largest absolute Gasteiger partial charge is 0.416 e. The summed E-state index contributed by atoms with van der Waals surface area (Å²) in [6, 6.07) is 17.6. The third-order valence-electron chi connectivity index (χ3n) is 4.35. The van der Waals surface area contributed by atoms with Crippen LogP contribution in [-0.2, 0) is 19.9 Å². The third kappa shape index (κ3) is 3.53. The highest BCUT2D eigenvalue weighted by atomic mass is 16.7. The number of ketones is 1. The molecule has 0 unspecified atom stereocenters. The number of hydrogen-bond donors (Lipinski definition) is 0. The van der Waals surface area contributed by atoms with Gasteiger partial charge in [0.25, 0.3) is 0 Å². The van der Waals surface area contributed by atoms with Gasteiger partial charge in [0, 0.05) is 14.1 Å². The van der Waals surface area contributed by atoms with Crippen LogP contribution in [0.2, 0.25) is 0 Å². The lowest BCUT2D eigenvalue weighted by molar-refractivity contribution is -0.179. The molecular weight excluding hydrogens is 330 g/mol. The van der Waals surface area contributed by atoms with Gasteiger partial charge >= 0.3 is 6.09 Å². The number of carbonyl (C=O) groups is 2. The lowest BCUT2D eigenvalue weighted by Gasteiger charge is -2.34. The van der Waals surface area contributed by atoms with Crippen LogP contribution in [-0.4, -0.2) is 37.2 Å². The van der Waals surface area contributed by atoms with Gasteiger partial charge < -0.3 is 14.4 Å². The maximum Gasteiger partial charge on any atom is 0.411 e. The lowest BCUT2D eigenvalue weighted by atomic mass is 9.88. The van der Waals surface area contributed by atoms with Crippen LogP contribution in [0.1, 0.15) is 12.5 Å². The summed E-state index contributed by atoms with van der Waals surface area (Å²) in [6.45, 7) is 1.69. The zero-order valence-corrected chi connectivity index (χ0v) is 15.0. The van der Waals surface area contributed by atoms with Crippen LogP contribution in [0.3, 0.4) is 0 Å². The second-order valence-electron chi connectivity index (χ2n) is 6.46. The Labute approximate surface area is 152 Å². The minimum atomic E-state index is -1.21. The van der Waals surface area contributed by atoms with Crippen molar-refractivity contribution < 1.29 is 19.1 Å². The Morgan fingerprint density at radius 3 is 2.27 bits per heavy atom. The first-order valence-electron chi connectivity index (χ1n) is 8.34. The van der Waals surface area contributed by atoms with Crippen LogP contribution in [0.4, 0.5) is 4.79 Å². The highest BCUT2D eigenvalue weighted by Crippen LogP contribution is 2.33. The van der Waals surface area contributed by atoms with Crippen molar-refractivity contribution in [2.24, 2.45) is 0 Å². The van der Waals surface area contributed by atoms with E-state index in [1.807, 2.05) is 54.6 Å². The molecule has 1 aliphatic heterocycles. The van der Waals surface area contributed by atoms with Crippen molar-refractivity contribution in [2.45, 2.75) is 18.8 Å². The van der Waals surface area contributed by atoms with E-state index in [2.05, 4.69) is 0 Å². The summed E-state index contributed by atoms with van der Waals surface area (Å²) in [6.07, 6.45) is 1.41. The normalized spacial score (nSPS) is 22.1. The van der Waals surface area contributed by atoms with Gasteiger partial charge in [-0.1, -0.05) is 54.6 Å². The molecule has 0 saturated carbocycles. The number of benzene rings is 2. The van der Waals surface area contributed by atoms with E-state index < -0.39 is 18.0 Å². The molecule has 0 N–H and O–H groups in total. The van der Waals surface area contributed by atoms with Gasteiger partial charge in [0.05, 0.1) is 0 Å². The molecule has 2 atom stereocenters. The molecule has 0 aliphatic carbocycles. The van der Waals surface area contributed by atoms with Crippen LogP contribution >= 0.6 is 0 Å². The maximum atomic E-state index is 12.5. The molecule has 5 nitrogen and oxygen atoms in total. The first-order chi connectivity index (χ1) is 12.4. The van der Waals surface area contributed by atoms with Crippen molar-refractivity contribution >= 4 is 11.9 Å². The Balaban J connectivity index is 1.83. The summed E-state index contributed by atoms with van der Waals surface area (Å²) in [5, 5.41) is 0. The SMILES string of the molecule is CN(C)C(=O)O[C@@H]1C=CC(=O)[C@@](C)(c2ccc(-c3ccccc3)cc2)O1. The molecule has 3 rings (SSSR count). The third-order valence-corrected chi connectivity index (χ3v) is 4.35. The Morgan fingerprint density at radius 1 is 1.04 bits per heavy atom. The van der Waals surface area contributed by atoms with Crippen LogP contribution in [0.15, 0.2) is 66.7 Å². The van der Waals surface area contributed by atoms with Gasteiger partial charge in [-0.2, -0.15) is 0 Å². The topological polar surface area (TPSA) is 55.8 Å². The molecular formula is C21H21NO4. The monoisotopic (exact) mass is 351 g/mol. The molecule has 1 aliphatic rings. The highest BCUT2D eigenvalue weighted by molar-refractivity contribution is 5.98. The lowest BCUT2D eigenvalue weighted by Crippen LogP contribution is -2.43. The summed E-state index contributed by atoms with van der Waals surface area (Å²) in [5.74, 6) is -0.192. The molecule has 26 heavy (non-hydrogen) atoms. The molecule has 2 aromatic rings.